The highest BCUT2D eigenvalue weighted by Gasteiger charge is 2.09. The molecule has 0 aliphatic rings. The molecule has 0 unspecified atom stereocenters. The predicted molar refractivity (Wildman–Crippen MR) is 77.6 cm³/mol. The number of rotatable bonds is 8. The van der Waals surface area contributed by atoms with Gasteiger partial charge in [0.2, 0.25) is 17.6 Å². The second kappa shape index (κ2) is 8.16. The SMILES string of the molecule is COCCNC(=O)CCCc1nc(-c2ccccc2)no1. The third kappa shape index (κ3) is 5.00. The standard InChI is InChI=1S/C15H19N3O3/c1-20-11-10-16-13(19)8-5-9-14-17-15(18-21-14)12-6-3-2-4-7-12/h2-4,6-7H,5,8-11H2,1H3,(H,16,19). The summed E-state index contributed by atoms with van der Waals surface area (Å²) in [7, 11) is 1.60. The highest BCUT2D eigenvalue weighted by Crippen LogP contribution is 2.15. The molecule has 0 bridgehead atoms. The number of aryl methyl sites for hydroxylation is 1. The molecule has 0 atom stereocenters. The number of nitrogens with one attached hydrogen (secondary N) is 1. The van der Waals surface area contributed by atoms with E-state index in [0.29, 0.717) is 44.1 Å². The molecule has 1 N–H and O–H groups in total. The van der Waals surface area contributed by atoms with E-state index in [-0.39, 0.29) is 5.91 Å². The normalized spacial score (nSPS) is 10.5. The van der Waals surface area contributed by atoms with E-state index in [4.69, 9.17) is 9.26 Å². The van der Waals surface area contributed by atoms with Crippen LogP contribution >= 0.6 is 0 Å². The minimum atomic E-state index is 0.00912. The monoisotopic (exact) mass is 289 g/mol. The lowest BCUT2D eigenvalue weighted by atomic mass is 10.2. The van der Waals surface area contributed by atoms with Crippen LogP contribution in [-0.2, 0) is 16.0 Å². The molecule has 0 fully saturated rings. The molecule has 1 heterocycles. The Balaban J connectivity index is 1.75. The number of benzene rings is 1. The Hall–Kier alpha value is -2.21. The van der Waals surface area contributed by atoms with Gasteiger partial charge < -0.3 is 14.6 Å². The molecule has 6 nitrogen and oxygen atoms in total. The van der Waals surface area contributed by atoms with E-state index in [0.717, 1.165) is 5.56 Å². The molecule has 1 aromatic heterocycles. The van der Waals surface area contributed by atoms with Crippen molar-refractivity contribution in [2.24, 2.45) is 0 Å². The maximum absolute atomic E-state index is 11.5. The van der Waals surface area contributed by atoms with E-state index >= 15 is 0 Å². The number of hydrogen-bond donors (Lipinski definition) is 1. The maximum Gasteiger partial charge on any atom is 0.226 e. The van der Waals surface area contributed by atoms with Crippen LogP contribution in [0.3, 0.4) is 0 Å². The van der Waals surface area contributed by atoms with Crippen LogP contribution in [0, 0.1) is 0 Å². The van der Waals surface area contributed by atoms with Gasteiger partial charge in [0, 0.05) is 32.1 Å². The number of hydrogen-bond acceptors (Lipinski definition) is 5. The van der Waals surface area contributed by atoms with Gasteiger partial charge in [-0.1, -0.05) is 35.5 Å². The summed E-state index contributed by atoms with van der Waals surface area (Å²) in [6.45, 7) is 1.06. The highest BCUT2D eigenvalue weighted by atomic mass is 16.5. The van der Waals surface area contributed by atoms with Gasteiger partial charge in [-0.25, -0.2) is 0 Å². The van der Waals surface area contributed by atoms with Gasteiger partial charge in [0.15, 0.2) is 0 Å². The van der Waals surface area contributed by atoms with Crippen molar-refractivity contribution in [1.82, 2.24) is 15.5 Å². The number of amides is 1. The van der Waals surface area contributed by atoms with Gasteiger partial charge in [-0.15, -0.1) is 0 Å². The van der Waals surface area contributed by atoms with Gasteiger partial charge >= 0.3 is 0 Å². The minimum Gasteiger partial charge on any atom is -0.383 e. The number of aromatic nitrogens is 2. The Labute approximate surface area is 123 Å². The first-order chi connectivity index (χ1) is 10.3. The number of nitrogens with zero attached hydrogens (tertiary/aromatic N) is 2. The molecule has 0 saturated heterocycles. The second-order valence-corrected chi connectivity index (χ2v) is 4.57. The van der Waals surface area contributed by atoms with E-state index in [2.05, 4.69) is 15.5 Å². The topological polar surface area (TPSA) is 77.2 Å². The minimum absolute atomic E-state index is 0.00912. The summed E-state index contributed by atoms with van der Waals surface area (Å²) in [5.41, 5.74) is 0.921. The fourth-order valence-corrected chi connectivity index (χ4v) is 1.84. The average molecular weight is 289 g/mol. The first kappa shape index (κ1) is 15.2. The largest absolute Gasteiger partial charge is 0.383 e. The highest BCUT2D eigenvalue weighted by molar-refractivity contribution is 5.75. The smallest absolute Gasteiger partial charge is 0.226 e. The number of carbonyl (C=O) groups excluding carboxylic acids is 1. The number of carbonyl (C=O) groups is 1. The van der Waals surface area contributed by atoms with Crippen molar-refractivity contribution < 1.29 is 14.1 Å². The van der Waals surface area contributed by atoms with Crippen LogP contribution in [0.4, 0.5) is 0 Å². The van der Waals surface area contributed by atoms with E-state index in [1.807, 2.05) is 30.3 Å². The van der Waals surface area contributed by atoms with Crippen LogP contribution in [0.1, 0.15) is 18.7 Å². The molecule has 21 heavy (non-hydrogen) atoms. The molecule has 0 aliphatic heterocycles. The molecule has 1 amide bonds. The van der Waals surface area contributed by atoms with Crippen LogP contribution in [-0.4, -0.2) is 36.3 Å². The summed E-state index contributed by atoms with van der Waals surface area (Å²) in [6.07, 6.45) is 1.71. The van der Waals surface area contributed by atoms with Crippen molar-refractivity contribution in [3.05, 3.63) is 36.2 Å². The Bertz CT molecular complexity index is 554. The molecule has 2 rings (SSSR count). The summed E-state index contributed by atoms with van der Waals surface area (Å²) in [6, 6.07) is 9.65. The van der Waals surface area contributed by atoms with Crippen LogP contribution in [0.25, 0.3) is 11.4 Å². The van der Waals surface area contributed by atoms with E-state index < -0.39 is 0 Å². The zero-order valence-electron chi connectivity index (χ0n) is 12.0. The number of ether oxygens (including phenoxy) is 1. The van der Waals surface area contributed by atoms with Crippen molar-refractivity contribution in [2.45, 2.75) is 19.3 Å². The third-order valence-corrected chi connectivity index (χ3v) is 2.92. The first-order valence-corrected chi connectivity index (χ1v) is 6.93. The summed E-state index contributed by atoms with van der Waals surface area (Å²) in [5.74, 6) is 1.14. The Kier molecular flexibility index (Phi) is 5.90. The van der Waals surface area contributed by atoms with Crippen molar-refractivity contribution >= 4 is 5.91 Å². The van der Waals surface area contributed by atoms with E-state index in [1.165, 1.54) is 0 Å². The predicted octanol–water partition coefficient (Wildman–Crippen LogP) is 1.82. The Morgan fingerprint density at radius 3 is 2.90 bits per heavy atom. The quantitative estimate of drug-likeness (QED) is 0.750. The first-order valence-electron chi connectivity index (χ1n) is 6.93. The van der Waals surface area contributed by atoms with Gasteiger partial charge in [-0.2, -0.15) is 4.98 Å². The van der Waals surface area contributed by atoms with Crippen LogP contribution in [0.5, 0.6) is 0 Å². The van der Waals surface area contributed by atoms with Gasteiger partial charge in [-0.3, -0.25) is 4.79 Å². The molecule has 0 radical (unpaired) electrons. The van der Waals surface area contributed by atoms with Gasteiger partial charge in [0.05, 0.1) is 6.61 Å². The van der Waals surface area contributed by atoms with Gasteiger partial charge in [-0.05, 0) is 6.42 Å². The molecule has 0 saturated carbocycles. The zero-order chi connectivity index (χ0) is 14.9. The van der Waals surface area contributed by atoms with Crippen molar-refractivity contribution in [3.63, 3.8) is 0 Å². The average Bonchev–Trinajstić information content (AvgIpc) is 2.97. The fourth-order valence-electron chi connectivity index (χ4n) is 1.84. The summed E-state index contributed by atoms with van der Waals surface area (Å²) in [5, 5.41) is 6.71. The molecule has 1 aromatic carbocycles. The third-order valence-electron chi connectivity index (χ3n) is 2.92. The maximum atomic E-state index is 11.5. The lowest BCUT2D eigenvalue weighted by Gasteiger charge is -2.02. The molecule has 2 aromatic rings. The molecule has 0 spiro atoms. The lowest BCUT2D eigenvalue weighted by molar-refractivity contribution is -0.121. The molecular formula is C15H19N3O3. The lowest BCUT2D eigenvalue weighted by Crippen LogP contribution is -2.26. The summed E-state index contributed by atoms with van der Waals surface area (Å²) in [4.78, 5) is 15.8. The van der Waals surface area contributed by atoms with E-state index in [9.17, 15) is 4.79 Å². The number of methoxy groups -OCH3 is 1. The van der Waals surface area contributed by atoms with Crippen LogP contribution < -0.4 is 5.32 Å². The second-order valence-electron chi connectivity index (χ2n) is 4.57. The molecule has 112 valence electrons. The molecular weight excluding hydrogens is 270 g/mol. The fraction of sp³-hybridized carbons (Fsp3) is 0.400. The molecule has 6 heteroatoms. The van der Waals surface area contributed by atoms with Crippen LogP contribution in [0.15, 0.2) is 34.9 Å². The zero-order valence-corrected chi connectivity index (χ0v) is 12.0. The van der Waals surface area contributed by atoms with E-state index in [1.54, 1.807) is 7.11 Å². The van der Waals surface area contributed by atoms with Crippen molar-refractivity contribution in [1.29, 1.82) is 0 Å². The summed E-state index contributed by atoms with van der Waals surface area (Å²) >= 11 is 0. The Morgan fingerprint density at radius 1 is 1.33 bits per heavy atom. The van der Waals surface area contributed by atoms with Gasteiger partial charge in [0.25, 0.3) is 0 Å². The van der Waals surface area contributed by atoms with Crippen molar-refractivity contribution in [3.8, 4) is 11.4 Å². The summed E-state index contributed by atoms with van der Waals surface area (Å²) < 4.78 is 10.0. The van der Waals surface area contributed by atoms with Crippen LogP contribution in [0.2, 0.25) is 0 Å². The Morgan fingerprint density at radius 2 is 2.14 bits per heavy atom. The van der Waals surface area contributed by atoms with Crippen molar-refractivity contribution in [2.75, 3.05) is 20.3 Å². The van der Waals surface area contributed by atoms with Gasteiger partial charge in [0.1, 0.15) is 0 Å². The molecule has 0 aliphatic carbocycles.